The van der Waals surface area contributed by atoms with E-state index >= 15 is 0 Å². The van der Waals surface area contributed by atoms with Crippen molar-refractivity contribution in [3.63, 3.8) is 0 Å². The van der Waals surface area contributed by atoms with E-state index in [0.717, 1.165) is 19.3 Å². The van der Waals surface area contributed by atoms with Crippen LogP contribution in [0, 0.1) is 5.92 Å². The molecule has 0 unspecified atom stereocenters. The molecule has 0 radical (unpaired) electrons. The summed E-state index contributed by atoms with van der Waals surface area (Å²) in [5.41, 5.74) is 0. The molecule has 7 heteroatoms. The molecule has 1 saturated heterocycles. The van der Waals surface area contributed by atoms with Crippen molar-refractivity contribution in [3.05, 3.63) is 0 Å². The Morgan fingerprint density at radius 1 is 1.16 bits per heavy atom. The van der Waals surface area contributed by atoms with Gasteiger partial charge in [-0.05, 0) is 18.8 Å². The second-order valence-electron chi connectivity index (χ2n) is 5.31. The highest BCUT2D eigenvalue weighted by atomic mass is 32.2. The highest BCUT2D eigenvalue weighted by Gasteiger charge is 2.23. The number of hydrogen-bond donors (Lipinski definition) is 2. The zero-order valence-electron chi connectivity index (χ0n) is 11.8. The Hall–Kier alpha value is -0.820. The quantitative estimate of drug-likeness (QED) is 0.758. The number of rotatable bonds is 6. The Kier molecular flexibility index (Phi) is 6.57. The van der Waals surface area contributed by atoms with Crippen molar-refractivity contribution in [1.29, 1.82) is 0 Å². The molecule has 0 aromatic carbocycles. The zero-order chi connectivity index (χ0) is 14.3. The highest BCUT2D eigenvalue weighted by Crippen LogP contribution is 2.12. The number of urea groups is 1. The molecule has 1 heterocycles. The van der Waals surface area contributed by atoms with Crippen molar-refractivity contribution in [1.82, 2.24) is 14.9 Å². The zero-order valence-corrected chi connectivity index (χ0v) is 12.6. The smallest absolute Gasteiger partial charge is 0.314 e. The van der Waals surface area contributed by atoms with Gasteiger partial charge in [0.15, 0.2) is 0 Å². The first-order chi connectivity index (χ1) is 8.92. The summed E-state index contributed by atoms with van der Waals surface area (Å²) in [5, 5.41) is 5.27. The predicted octanol–water partition coefficient (Wildman–Crippen LogP) is 0.757. The maximum atomic E-state index is 12.0. The van der Waals surface area contributed by atoms with E-state index in [0.29, 0.717) is 25.6 Å². The number of hydrogen-bond acceptors (Lipinski definition) is 3. The van der Waals surface area contributed by atoms with E-state index in [1.807, 2.05) is 13.8 Å². The first-order valence-corrected chi connectivity index (χ1v) is 8.52. The van der Waals surface area contributed by atoms with Crippen LogP contribution in [-0.4, -0.2) is 50.7 Å². The van der Waals surface area contributed by atoms with Gasteiger partial charge in [-0.15, -0.1) is 0 Å². The van der Waals surface area contributed by atoms with E-state index in [-0.39, 0.29) is 18.3 Å². The van der Waals surface area contributed by atoms with Crippen LogP contribution in [0.25, 0.3) is 0 Å². The molecule has 2 N–H and O–H groups in total. The molecule has 0 bridgehead atoms. The van der Waals surface area contributed by atoms with E-state index in [1.165, 1.54) is 4.31 Å². The van der Waals surface area contributed by atoms with Crippen molar-refractivity contribution in [2.24, 2.45) is 5.92 Å². The molecule has 1 aliphatic heterocycles. The van der Waals surface area contributed by atoms with E-state index in [4.69, 9.17) is 0 Å². The van der Waals surface area contributed by atoms with Crippen molar-refractivity contribution < 1.29 is 13.2 Å². The number of carbonyl (C=O) groups excluding carboxylic acids is 1. The van der Waals surface area contributed by atoms with Crippen LogP contribution in [-0.2, 0) is 10.0 Å². The number of piperidine rings is 1. The Balaban J connectivity index is 2.25. The summed E-state index contributed by atoms with van der Waals surface area (Å²) >= 11 is 0. The van der Waals surface area contributed by atoms with Gasteiger partial charge in [0.1, 0.15) is 0 Å². The Morgan fingerprint density at radius 3 is 2.37 bits per heavy atom. The number of carbonyl (C=O) groups is 1. The number of amides is 2. The van der Waals surface area contributed by atoms with Crippen LogP contribution in [0.4, 0.5) is 4.79 Å². The predicted molar refractivity (Wildman–Crippen MR) is 75.5 cm³/mol. The van der Waals surface area contributed by atoms with Gasteiger partial charge in [0, 0.05) is 26.2 Å². The number of sulfonamides is 1. The maximum absolute atomic E-state index is 12.0. The monoisotopic (exact) mass is 291 g/mol. The minimum atomic E-state index is -3.22. The molecule has 1 rings (SSSR count). The summed E-state index contributed by atoms with van der Waals surface area (Å²) < 4.78 is 25.5. The molecule has 2 amide bonds. The van der Waals surface area contributed by atoms with Crippen LogP contribution in [0.15, 0.2) is 0 Å². The minimum Gasteiger partial charge on any atom is -0.338 e. The summed E-state index contributed by atoms with van der Waals surface area (Å²) in [5.74, 6) is 0.352. The topological polar surface area (TPSA) is 78.5 Å². The highest BCUT2D eigenvalue weighted by molar-refractivity contribution is 7.89. The van der Waals surface area contributed by atoms with Gasteiger partial charge < -0.3 is 10.6 Å². The fourth-order valence-corrected chi connectivity index (χ4v) is 3.36. The lowest BCUT2D eigenvalue weighted by molar-refractivity contribution is 0.240. The summed E-state index contributed by atoms with van der Waals surface area (Å²) in [6, 6.07) is -0.303. The summed E-state index contributed by atoms with van der Waals surface area (Å²) in [6.07, 6.45) is 2.96. The fourth-order valence-electron chi connectivity index (χ4n) is 1.93. The van der Waals surface area contributed by atoms with Gasteiger partial charge in [-0.25, -0.2) is 17.5 Å². The van der Waals surface area contributed by atoms with Crippen LogP contribution >= 0.6 is 0 Å². The lowest BCUT2D eigenvalue weighted by atomic mass is 10.2. The minimum absolute atomic E-state index is 0.0257. The van der Waals surface area contributed by atoms with Crippen molar-refractivity contribution in [2.45, 2.75) is 33.1 Å². The molecule has 1 aliphatic rings. The maximum Gasteiger partial charge on any atom is 0.314 e. The van der Waals surface area contributed by atoms with Crippen molar-refractivity contribution >= 4 is 16.1 Å². The Bertz CT molecular complexity index is 376. The third-order valence-corrected chi connectivity index (χ3v) is 4.90. The molecule has 0 aromatic rings. The van der Waals surface area contributed by atoms with Gasteiger partial charge in [-0.3, -0.25) is 0 Å². The third kappa shape index (κ3) is 6.24. The van der Waals surface area contributed by atoms with E-state index < -0.39 is 10.0 Å². The first-order valence-electron chi connectivity index (χ1n) is 6.91. The van der Waals surface area contributed by atoms with E-state index in [9.17, 15) is 13.2 Å². The molecule has 1 fully saturated rings. The van der Waals surface area contributed by atoms with Crippen LogP contribution in [0.5, 0.6) is 0 Å². The average molecular weight is 291 g/mol. The largest absolute Gasteiger partial charge is 0.338 e. The number of nitrogens with one attached hydrogen (secondary N) is 2. The van der Waals surface area contributed by atoms with Crippen molar-refractivity contribution in [2.75, 3.05) is 31.9 Å². The Labute approximate surface area is 116 Å². The SMILES string of the molecule is CC(C)CNC(=O)NCCS(=O)(=O)N1CCCCC1. The molecule has 0 aliphatic carbocycles. The summed E-state index contributed by atoms with van der Waals surface area (Å²) in [7, 11) is -3.22. The van der Waals surface area contributed by atoms with Crippen molar-refractivity contribution in [3.8, 4) is 0 Å². The van der Waals surface area contributed by atoms with Crippen LogP contribution < -0.4 is 10.6 Å². The molecule has 112 valence electrons. The normalized spacial score (nSPS) is 17.4. The van der Waals surface area contributed by atoms with Crippen LogP contribution in [0.2, 0.25) is 0 Å². The lowest BCUT2D eigenvalue weighted by Gasteiger charge is -2.25. The first kappa shape index (κ1) is 16.2. The molecule has 0 saturated carbocycles. The second kappa shape index (κ2) is 7.69. The molecular formula is C12H25N3O3S. The molecular weight excluding hydrogens is 266 g/mol. The summed E-state index contributed by atoms with van der Waals surface area (Å²) in [6.45, 7) is 5.97. The van der Waals surface area contributed by atoms with Gasteiger partial charge in [-0.1, -0.05) is 20.3 Å². The number of nitrogens with zero attached hydrogens (tertiary/aromatic N) is 1. The molecule has 19 heavy (non-hydrogen) atoms. The Morgan fingerprint density at radius 2 is 1.79 bits per heavy atom. The molecule has 0 spiro atoms. The molecule has 6 nitrogen and oxygen atoms in total. The standard InChI is InChI=1S/C12H25N3O3S/c1-11(2)10-14-12(16)13-6-9-19(17,18)15-7-4-3-5-8-15/h11H,3-10H2,1-2H3,(H2,13,14,16). The van der Waals surface area contributed by atoms with E-state index in [1.54, 1.807) is 0 Å². The van der Waals surface area contributed by atoms with Gasteiger partial charge in [0.25, 0.3) is 0 Å². The van der Waals surface area contributed by atoms with Gasteiger partial charge >= 0.3 is 6.03 Å². The molecule has 0 atom stereocenters. The van der Waals surface area contributed by atoms with Gasteiger partial charge in [0.05, 0.1) is 5.75 Å². The van der Waals surface area contributed by atoms with Crippen LogP contribution in [0.3, 0.4) is 0 Å². The van der Waals surface area contributed by atoms with Gasteiger partial charge in [-0.2, -0.15) is 0 Å². The second-order valence-corrected chi connectivity index (χ2v) is 7.39. The fraction of sp³-hybridized carbons (Fsp3) is 0.917. The van der Waals surface area contributed by atoms with E-state index in [2.05, 4.69) is 10.6 Å². The summed E-state index contributed by atoms with van der Waals surface area (Å²) in [4.78, 5) is 11.4. The van der Waals surface area contributed by atoms with Crippen LogP contribution in [0.1, 0.15) is 33.1 Å². The molecule has 0 aromatic heterocycles. The third-order valence-electron chi connectivity index (χ3n) is 3.02. The average Bonchev–Trinajstić information content (AvgIpc) is 2.37. The lowest BCUT2D eigenvalue weighted by Crippen LogP contribution is -2.43. The van der Waals surface area contributed by atoms with Gasteiger partial charge in [0.2, 0.25) is 10.0 Å².